The monoisotopic (exact) mass is 194 g/mol. The summed E-state index contributed by atoms with van der Waals surface area (Å²) >= 11 is 4.53. The molecule has 72 valence electrons. The molecule has 0 aromatic heterocycles. The molecule has 0 aliphatic carbocycles. The van der Waals surface area contributed by atoms with Crippen LogP contribution in [-0.4, -0.2) is 4.75 Å². The minimum atomic E-state index is 0.0836. The van der Waals surface area contributed by atoms with E-state index in [0.717, 1.165) is 6.42 Å². The summed E-state index contributed by atoms with van der Waals surface area (Å²) in [5.41, 5.74) is 4.07. The maximum Gasteiger partial charge on any atom is 0.0113 e. The summed E-state index contributed by atoms with van der Waals surface area (Å²) < 4.78 is 0.0836. The van der Waals surface area contributed by atoms with Gasteiger partial charge in [0.05, 0.1) is 0 Å². The van der Waals surface area contributed by atoms with Crippen molar-refractivity contribution in [1.29, 1.82) is 0 Å². The Hall–Kier alpha value is -0.430. The molecule has 0 fully saturated rings. The second-order valence-corrected chi connectivity index (χ2v) is 5.70. The van der Waals surface area contributed by atoms with Crippen molar-refractivity contribution in [3.63, 3.8) is 0 Å². The van der Waals surface area contributed by atoms with E-state index in [2.05, 4.69) is 58.5 Å². The minimum absolute atomic E-state index is 0.0836. The molecule has 1 aromatic carbocycles. The highest BCUT2D eigenvalue weighted by Gasteiger charge is 2.12. The van der Waals surface area contributed by atoms with Crippen LogP contribution in [0.25, 0.3) is 0 Å². The number of rotatable bonds is 2. The lowest BCUT2D eigenvalue weighted by molar-refractivity contribution is 0.714. The van der Waals surface area contributed by atoms with Crippen molar-refractivity contribution in [3.8, 4) is 0 Å². The highest BCUT2D eigenvalue weighted by molar-refractivity contribution is 7.81. The van der Waals surface area contributed by atoms with E-state index in [1.54, 1.807) is 0 Å². The van der Waals surface area contributed by atoms with Crippen molar-refractivity contribution >= 4 is 12.6 Å². The van der Waals surface area contributed by atoms with E-state index in [-0.39, 0.29) is 4.75 Å². The second-order valence-electron chi connectivity index (χ2n) is 4.49. The summed E-state index contributed by atoms with van der Waals surface area (Å²) in [6.45, 7) is 8.57. The molecule has 1 rings (SSSR count). The van der Waals surface area contributed by atoms with Crippen LogP contribution in [0.2, 0.25) is 0 Å². The van der Waals surface area contributed by atoms with Crippen molar-refractivity contribution in [2.75, 3.05) is 0 Å². The SMILES string of the molecule is Cc1cc(C)cc(CC(C)(C)S)c1. The lowest BCUT2D eigenvalue weighted by Gasteiger charge is -2.17. The van der Waals surface area contributed by atoms with E-state index >= 15 is 0 Å². The summed E-state index contributed by atoms with van der Waals surface area (Å²) in [6.07, 6.45) is 1.03. The first-order valence-electron chi connectivity index (χ1n) is 4.66. The normalized spacial score (nSPS) is 11.8. The molecule has 0 nitrogen and oxygen atoms in total. The first-order valence-corrected chi connectivity index (χ1v) is 5.11. The fourth-order valence-electron chi connectivity index (χ4n) is 1.67. The fourth-order valence-corrected chi connectivity index (χ4v) is 1.85. The van der Waals surface area contributed by atoms with Crippen molar-refractivity contribution in [3.05, 3.63) is 34.9 Å². The Kier molecular flexibility index (Phi) is 3.07. The zero-order valence-corrected chi connectivity index (χ0v) is 9.78. The first kappa shape index (κ1) is 10.6. The fraction of sp³-hybridized carbons (Fsp3) is 0.500. The van der Waals surface area contributed by atoms with Crippen molar-refractivity contribution in [2.24, 2.45) is 0 Å². The average molecular weight is 194 g/mol. The largest absolute Gasteiger partial charge is 0.173 e. The molecule has 0 aliphatic rings. The Morgan fingerprint density at radius 1 is 1.08 bits per heavy atom. The zero-order chi connectivity index (χ0) is 10.1. The number of aryl methyl sites for hydroxylation is 2. The van der Waals surface area contributed by atoms with E-state index in [9.17, 15) is 0 Å². The van der Waals surface area contributed by atoms with E-state index in [1.807, 2.05) is 0 Å². The molecule has 13 heavy (non-hydrogen) atoms. The molecule has 0 saturated heterocycles. The molecule has 0 radical (unpaired) electrons. The summed E-state index contributed by atoms with van der Waals surface area (Å²) in [4.78, 5) is 0. The van der Waals surface area contributed by atoms with Crippen LogP contribution in [0.4, 0.5) is 0 Å². The molecule has 0 heterocycles. The van der Waals surface area contributed by atoms with Gasteiger partial charge in [-0.2, -0.15) is 12.6 Å². The molecule has 0 spiro atoms. The van der Waals surface area contributed by atoms with Gasteiger partial charge in [-0.3, -0.25) is 0 Å². The molecular formula is C12H18S. The van der Waals surface area contributed by atoms with Crippen LogP contribution in [0.15, 0.2) is 18.2 Å². The van der Waals surface area contributed by atoms with Gasteiger partial charge >= 0.3 is 0 Å². The van der Waals surface area contributed by atoms with Crippen LogP contribution < -0.4 is 0 Å². The first-order chi connectivity index (χ1) is 5.87. The van der Waals surface area contributed by atoms with Crippen LogP contribution in [-0.2, 0) is 6.42 Å². The third-order valence-corrected chi connectivity index (χ3v) is 2.08. The Balaban J connectivity index is 2.90. The van der Waals surface area contributed by atoms with Crippen LogP contribution in [0.3, 0.4) is 0 Å². The summed E-state index contributed by atoms with van der Waals surface area (Å²) in [5, 5.41) is 0. The molecule has 0 unspecified atom stereocenters. The highest BCUT2D eigenvalue weighted by atomic mass is 32.1. The van der Waals surface area contributed by atoms with Crippen LogP contribution in [0.5, 0.6) is 0 Å². The molecule has 0 bridgehead atoms. The van der Waals surface area contributed by atoms with Crippen LogP contribution in [0, 0.1) is 13.8 Å². The predicted octanol–water partition coefficient (Wildman–Crippen LogP) is 3.55. The average Bonchev–Trinajstić information content (AvgIpc) is 1.78. The lowest BCUT2D eigenvalue weighted by atomic mass is 9.98. The van der Waals surface area contributed by atoms with Crippen molar-refractivity contribution < 1.29 is 0 Å². The van der Waals surface area contributed by atoms with Gasteiger partial charge in [0.15, 0.2) is 0 Å². The van der Waals surface area contributed by atoms with Crippen molar-refractivity contribution in [2.45, 2.75) is 38.9 Å². The van der Waals surface area contributed by atoms with E-state index in [4.69, 9.17) is 0 Å². The second kappa shape index (κ2) is 3.75. The highest BCUT2D eigenvalue weighted by Crippen LogP contribution is 2.20. The Morgan fingerprint density at radius 2 is 1.54 bits per heavy atom. The van der Waals surface area contributed by atoms with Gasteiger partial charge in [-0.05, 0) is 25.8 Å². The molecule has 0 aliphatic heterocycles. The molecule has 1 heteroatoms. The summed E-state index contributed by atoms with van der Waals surface area (Å²) in [5.74, 6) is 0. The molecule has 1 aromatic rings. The quantitative estimate of drug-likeness (QED) is 0.684. The lowest BCUT2D eigenvalue weighted by Crippen LogP contribution is -2.14. The van der Waals surface area contributed by atoms with Gasteiger partial charge in [0.25, 0.3) is 0 Å². The van der Waals surface area contributed by atoms with Crippen LogP contribution >= 0.6 is 12.6 Å². The van der Waals surface area contributed by atoms with Gasteiger partial charge in [-0.15, -0.1) is 0 Å². The molecular weight excluding hydrogens is 176 g/mol. The Labute approximate surface area is 86.8 Å². The number of thiol groups is 1. The maximum atomic E-state index is 4.53. The smallest absolute Gasteiger partial charge is 0.0113 e. The van der Waals surface area contributed by atoms with Gasteiger partial charge in [0.1, 0.15) is 0 Å². The summed E-state index contributed by atoms with van der Waals surface area (Å²) in [7, 11) is 0. The van der Waals surface area contributed by atoms with E-state index < -0.39 is 0 Å². The number of benzene rings is 1. The summed E-state index contributed by atoms with van der Waals surface area (Å²) in [6, 6.07) is 6.69. The third-order valence-electron chi connectivity index (χ3n) is 1.92. The standard InChI is InChI=1S/C12H18S/c1-9-5-10(2)7-11(6-9)8-12(3,4)13/h5-7,13H,8H2,1-4H3. The maximum absolute atomic E-state index is 4.53. The molecule has 0 saturated carbocycles. The zero-order valence-electron chi connectivity index (χ0n) is 8.89. The van der Waals surface area contributed by atoms with E-state index in [1.165, 1.54) is 16.7 Å². The van der Waals surface area contributed by atoms with Gasteiger partial charge in [0, 0.05) is 4.75 Å². The van der Waals surface area contributed by atoms with Gasteiger partial charge in [0.2, 0.25) is 0 Å². The molecule has 0 amide bonds. The number of hydrogen-bond acceptors (Lipinski definition) is 1. The molecule has 0 atom stereocenters. The van der Waals surface area contributed by atoms with Crippen molar-refractivity contribution in [1.82, 2.24) is 0 Å². The van der Waals surface area contributed by atoms with Gasteiger partial charge in [-0.1, -0.05) is 43.2 Å². The van der Waals surface area contributed by atoms with E-state index in [0.29, 0.717) is 0 Å². The van der Waals surface area contributed by atoms with Gasteiger partial charge in [-0.25, -0.2) is 0 Å². The Morgan fingerprint density at radius 3 is 1.92 bits per heavy atom. The predicted molar refractivity (Wildman–Crippen MR) is 62.7 cm³/mol. The minimum Gasteiger partial charge on any atom is -0.173 e. The Bertz CT molecular complexity index is 274. The molecule has 0 N–H and O–H groups in total. The number of hydrogen-bond donors (Lipinski definition) is 1. The van der Waals surface area contributed by atoms with Crippen LogP contribution in [0.1, 0.15) is 30.5 Å². The van der Waals surface area contributed by atoms with Gasteiger partial charge < -0.3 is 0 Å². The topological polar surface area (TPSA) is 0 Å². The third kappa shape index (κ3) is 3.86.